The summed E-state index contributed by atoms with van der Waals surface area (Å²) in [5.74, 6) is 0. The van der Waals surface area contributed by atoms with E-state index in [1.807, 2.05) is 32.9 Å². The number of ether oxygens (including phenoxy) is 1. The molecule has 0 atom stereocenters. The third kappa shape index (κ3) is 5.21. The van der Waals surface area contributed by atoms with Crippen LogP contribution in [0.5, 0.6) is 0 Å². The number of carbonyl (C=O) groups is 1. The zero-order valence-corrected chi connectivity index (χ0v) is 13.6. The van der Waals surface area contributed by atoms with Crippen LogP contribution in [0.3, 0.4) is 0 Å². The number of rotatable bonds is 4. The van der Waals surface area contributed by atoms with Crippen molar-refractivity contribution in [3.05, 3.63) is 28.8 Å². The molecule has 2 rings (SSSR count). The summed E-state index contributed by atoms with van der Waals surface area (Å²) in [6, 6.07) is 5.64. The minimum atomic E-state index is -0.536. The molecule has 5 heteroatoms. The summed E-state index contributed by atoms with van der Waals surface area (Å²) in [5.41, 5.74) is 7.27. The number of hydrogen-bond donors (Lipinski definition) is 2. The van der Waals surface area contributed by atoms with E-state index in [9.17, 15) is 4.79 Å². The van der Waals surface area contributed by atoms with Crippen molar-refractivity contribution < 1.29 is 9.53 Å². The molecule has 0 bridgehead atoms. The standard InChI is InChI=1S/C16H23ClN2O2/c1-15(2,3)21-14(20)19-13-10-11(4-5-12(13)17)6-7-16(18)8-9-16/h4-5,10H,6-9,18H2,1-3H3,(H,19,20). The maximum Gasteiger partial charge on any atom is 0.412 e. The molecule has 116 valence electrons. The number of aryl methyl sites for hydroxylation is 1. The quantitative estimate of drug-likeness (QED) is 0.879. The zero-order valence-electron chi connectivity index (χ0n) is 12.8. The van der Waals surface area contributed by atoms with Crippen LogP contribution in [0.1, 0.15) is 45.6 Å². The lowest BCUT2D eigenvalue weighted by Gasteiger charge is -2.20. The average molecular weight is 311 g/mol. The van der Waals surface area contributed by atoms with E-state index in [-0.39, 0.29) is 5.54 Å². The topological polar surface area (TPSA) is 64.3 Å². The lowest BCUT2D eigenvalue weighted by molar-refractivity contribution is 0.0636. The molecule has 1 aromatic rings. The highest BCUT2D eigenvalue weighted by atomic mass is 35.5. The lowest BCUT2D eigenvalue weighted by Crippen LogP contribution is -2.27. The lowest BCUT2D eigenvalue weighted by atomic mass is 10.0. The van der Waals surface area contributed by atoms with E-state index in [0.29, 0.717) is 10.7 Å². The van der Waals surface area contributed by atoms with Gasteiger partial charge in [-0.1, -0.05) is 17.7 Å². The summed E-state index contributed by atoms with van der Waals surface area (Å²) in [5, 5.41) is 3.19. The number of anilines is 1. The molecular formula is C16H23ClN2O2. The van der Waals surface area contributed by atoms with E-state index in [4.69, 9.17) is 22.1 Å². The summed E-state index contributed by atoms with van der Waals surface area (Å²) >= 11 is 6.12. The molecule has 0 heterocycles. The van der Waals surface area contributed by atoms with Crippen LogP contribution in [0, 0.1) is 0 Å². The van der Waals surface area contributed by atoms with Crippen LogP contribution in [0.2, 0.25) is 5.02 Å². The Labute approximate surface area is 131 Å². The van der Waals surface area contributed by atoms with Crippen LogP contribution in [0.25, 0.3) is 0 Å². The fourth-order valence-electron chi connectivity index (χ4n) is 2.04. The molecule has 0 unspecified atom stereocenters. The molecular weight excluding hydrogens is 288 g/mol. The fourth-order valence-corrected chi connectivity index (χ4v) is 2.21. The number of nitrogens with one attached hydrogen (secondary N) is 1. The molecule has 1 aliphatic carbocycles. The van der Waals surface area contributed by atoms with Gasteiger partial charge in [-0.05, 0) is 64.2 Å². The number of amides is 1. The molecule has 0 radical (unpaired) electrons. The molecule has 0 spiro atoms. The highest BCUT2D eigenvalue weighted by molar-refractivity contribution is 6.33. The number of halogens is 1. The molecule has 1 saturated carbocycles. The summed E-state index contributed by atoms with van der Waals surface area (Å²) in [6.45, 7) is 5.46. The molecule has 1 aromatic carbocycles. The van der Waals surface area contributed by atoms with Crippen molar-refractivity contribution in [2.75, 3.05) is 5.32 Å². The van der Waals surface area contributed by atoms with Gasteiger partial charge in [0.2, 0.25) is 0 Å². The molecule has 1 amide bonds. The van der Waals surface area contributed by atoms with Crippen molar-refractivity contribution in [2.24, 2.45) is 5.73 Å². The zero-order chi connectivity index (χ0) is 15.7. The molecule has 0 aliphatic heterocycles. The molecule has 1 fully saturated rings. The van der Waals surface area contributed by atoms with Crippen molar-refractivity contribution in [1.82, 2.24) is 0 Å². The first kappa shape index (κ1) is 16.1. The van der Waals surface area contributed by atoms with E-state index < -0.39 is 11.7 Å². The number of carbonyl (C=O) groups excluding carboxylic acids is 1. The van der Waals surface area contributed by atoms with Gasteiger partial charge in [0.15, 0.2) is 0 Å². The molecule has 3 N–H and O–H groups in total. The Kier molecular flexibility index (Phi) is 4.49. The highest BCUT2D eigenvalue weighted by Crippen LogP contribution is 2.37. The molecule has 0 saturated heterocycles. The second kappa shape index (κ2) is 5.85. The third-order valence-electron chi connectivity index (χ3n) is 3.47. The maximum absolute atomic E-state index is 11.8. The van der Waals surface area contributed by atoms with E-state index >= 15 is 0 Å². The van der Waals surface area contributed by atoms with Crippen molar-refractivity contribution in [3.8, 4) is 0 Å². The predicted molar refractivity (Wildman–Crippen MR) is 85.8 cm³/mol. The summed E-state index contributed by atoms with van der Waals surface area (Å²) in [4.78, 5) is 11.8. The van der Waals surface area contributed by atoms with Gasteiger partial charge in [0.05, 0.1) is 10.7 Å². The van der Waals surface area contributed by atoms with Gasteiger partial charge in [0.1, 0.15) is 5.60 Å². The van der Waals surface area contributed by atoms with E-state index in [0.717, 1.165) is 31.2 Å². The van der Waals surface area contributed by atoms with Gasteiger partial charge >= 0.3 is 6.09 Å². The van der Waals surface area contributed by atoms with Gasteiger partial charge in [-0.25, -0.2) is 4.79 Å². The molecule has 21 heavy (non-hydrogen) atoms. The Morgan fingerprint density at radius 1 is 1.43 bits per heavy atom. The number of hydrogen-bond acceptors (Lipinski definition) is 3. The van der Waals surface area contributed by atoms with Crippen LogP contribution < -0.4 is 11.1 Å². The van der Waals surface area contributed by atoms with Crippen molar-refractivity contribution in [3.63, 3.8) is 0 Å². The first-order chi connectivity index (χ1) is 9.67. The molecule has 0 aromatic heterocycles. The minimum Gasteiger partial charge on any atom is -0.444 e. The summed E-state index contributed by atoms with van der Waals surface area (Å²) < 4.78 is 5.23. The van der Waals surface area contributed by atoms with Gasteiger partial charge in [-0.3, -0.25) is 5.32 Å². The first-order valence-corrected chi connectivity index (χ1v) is 7.62. The highest BCUT2D eigenvalue weighted by Gasteiger charge is 2.37. The Bertz CT molecular complexity index is 534. The van der Waals surface area contributed by atoms with Gasteiger partial charge in [-0.2, -0.15) is 0 Å². The van der Waals surface area contributed by atoms with E-state index in [2.05, 4.69) is 5.32 Å². The van der Waals surface area contributed by atoms with E-state index in [1.54, 1.807) is 6.07 Å². The average Bonchev–Trinajstić information content (AvgIpc) is 3.06. The first-order valence-electron chi connectivity index (χ1n) is 7.24. The van der Waals surface area contributed by atoms with Crippen LogP contribution in [-0.4, -0.2) is 17.2 Å². The Morgan fingerprint density at radius 3 is 2.67 bits per heavy atom. The normalized spacial score (nSPS) is 16.4. The van der Waals surface area contributed by atoms with E-state index in [1.165, 1.54) is 0 Å². The van der Waals surface area contributed by atoms with Crippen molar-refractivity contribution >= 4 is 23.4 Å². The fraction of sp³-hybridized carbons (Fsp3) is 0.562. The van der Waals surface area contributed by atoms with Gasteiger partial charge in [0, 0.05) is 5.54 Å². The Hall–Kier alpha value is -1.26. The smallest absolute Gasteiger partial charge is 0.412 e. The SMILES string of the molecule is CC(C)(C)OC(=O)Nc1cc(CCC2(N)CC2)ccc1Cl. The molecule has 4 nitrogen and oxygen atoms in total. The van der Waals surface area contributed by atoms with Crippen LogP contribution >= 0.6 is 11.6 Å². The maximum atomic E-state index is 11.8. The minimum absolute atomic E-state index is 0.0262. The Morgan fingerprint density at radius 2 is 2.10 bits per heavy atom. The second-order valence-corrected chi connectivity index (χ2v) is 7.21. The van der Waals surface area contributed by atoms with Crippen LogP contribution in [0.15, 0.2) is 18.2 Å². The number of benzene rings is 1. The largest absolute Gasteiger partial charge is 0.444 e. The van der Waals surface area contributed by atoms with Gasteiger partial charge < -0.3 is 10.5 Å². The monoisotopic (exact) mass is 310 g/mol. The van der Waals surface area contributed by atoms with Crippen molar-refractivity contribution in [2.45, 2.75) is 57.6 Å². The third-order valence-corrected chi connectivity index (χ3v) is 3.80. The summed E-state index contributed by atoms with van der Waals surface area (Å²) in [7, 11) is 0. The van der Waals surface area contributed by atoms with Gasteiger partial charge in [0.25, 0.3) is 0 Å². The number of nitrogens with two attached hydrogens (primary N) is 1. The second-order valence-electron chi connectivity index (χ2n) is 6.80. The van der Waals surface area contributed by atoms with Crippen LogP contribution in [0.4, 0.5) is 10.5 Å². The van der Waals surface area contributed by atoms with Crippen LogP contribution in [-0.2, 0) is 11.2 Å². The Balaban J connectivity index is 1.99. The molecule has 1 aliphatic rings. The van der Waals surface area contributed by atoms with Crippen molar-refractivity contribution in [1.29, 1.82) is 0 Å². The predicted octanol–water partition coefficient (Wildman–Crippen LogP) is 4.11. The van der Waals surface area contributed by atoms with Gasteiger partial charge in [-0.15, -0.1) is 0 Å². The summed E-state index contributed by atoms with van der Waals surface area (Å²) in [6.07, 6.45) is 3.55.